The number of rotatable bonds is 5. The van der Waals surface area contributed by atoms with Gasteiger partial charge in [-0.3, -0.25) is 9.59 Å². The van der Waals surface area contributed by atoms with Crippen molar-refractivity contribution in [3.63, 3.8) is 0 Å². The van der Waals surface area contributed by atoms with Gasteiger partial charge in [-0.15, -0.1) is 0 Å². The summed E-state index contributed by atoms with van der Waals surface area (Å²) in [6.45, 7) is 5.37. The first-order valence-corrected chi connectivity index (χ1v) is 8.44. The molecule has 0 fully saturated rings. The maximum absolute atomic E-state index is 12.1. The van der Waals surface area contributed by atoms with Gasteiger partial charge in [-0.1, -0.05) is 12.1 Å². The molecular formula is C20H22N2O4. The van der Waals surface area contributed by atoms with Crippen LogP contribution in [0, 0.1) is 0 Å². The van der Waals surface area contributed by atoms with Gasteiger partial charge in [0, 0.05) is 30.3 Å². The molecule has 2 N–H and O–H groups in total. The number of anilines is 2. The third-order valence-corrected chi connectivity index (χ3v) is 3.90. The monoisotopic (exact) mass is 354 g/mol. The van der Waals surface area contributed by atoms with Crippen LogP contribution in [0.15, 0.2) is 42.5 Å². The van der Waals surface area contributed by atoms with Crippen molar-refractivity contribution in [3.8, 4) is 11.5 Å². The quantitative estimate of drug-likeness (QED) is 0.863. The zero-order valence-electron chi connectivity index (χ0n) is 15.1. The Balaban J connectivity index is 1.57. The highest BCUT2D eigenvalue weighted by molar-refractivity contribution is 5.93. The lowest BCUT2D eigenvalue weighted by molar-refractivity contribution is -0.118. The van der Waals surface area contributed by atoms with Crippen molar-refractivity contribution in [2.75, 3.05) is 17.2 Å². The van der Waals surface area contributed by atoms with Crippen LogP contribution < -0.4 is 20.1 Å². The number of ether oxygens (including phenoxy) is 2. The number of carbonyl (C=O) groups excluding carboxylic acids is 2. The summed E-state index contributed by atoms with van der Waals surface area (Å²) in [6.07, 6.45) is 0.812. The van der Waals surface area contributed by atoms with Crippen molar-refractivity contribution in [1.82, 2.24) is 0 Å². The van der Waals surface area contributed by atoms with Crippen molar-refractivity contribution >= 4 is 23.2 Å². The molecule has 0 saturated carbocycles. The second kappa shape index (κ2) is 7.07. The first-order chi connectivity index (χ1) is 12.3. The first-order valence-electron chi connectivity index (χ1n) is 8.44. The van der Waals surface area contributed by atoms with Crippen molar-refractivity contribution in [2.45, 2.75) is 32.8 Å². The van der Waals surface area contributed by atoms with E-state index in [1.165, 1.54) is 6.92 Å². The molecule has 1 heterocycles. The fourth-order valence-corrected chi connectivity index (χ4v) is 2.88. The predicted molar refractivity (Wildman–Crippen MR) is 99.7 cm³/mol. The fraction of sp³-hybridized carbons (Fsp3) is 0.300. The minimum Gasteiger partial charge on any atom is -0.483 e. The summed E-state index contributed by atoms with van der Waals surface area (Å²) in [5, 5.41) is 5.43. The summed E-state index contributed by atoms with van der Waals surface area (Å²) in [5.74, 6) is 0.873. The van der Waals surface area contributed by atoms with Crippen LogP contribution in [0.2, 0.25) is 0 Å². The molecule has 0 atom stereocenters. The van der Waals surface area contributed by atoms with Gasteiger partial charge in [0.2, 0.25) is 5.91 Å². The van der Waals surface area contributed by atoms with Crippen molar-refractivity contribution in [2.24, 2.45) is 0 Å². The maximum Gasteiger partial charge on any atom is 0.262 e. The van der Waals surface area contributed by atoms with Crippen molar-refractivity contribution in [3.05, 3.63) is 48.0 Å². The zero-order chi connectivity index (χ0) is 18.7. The first kappa shape index (κ1) is 17.8. The van der Waals surface area contributed by atoms with Gasteiger partial charge in [0.25, 0.3) is 5.91 Å². The third kappa shape index (κ3) is 4.33. The Bertz CT molecular complexity index is 828. The molecule has 0 aliphatic carbocycles. The molecule has 0 saturated heterocycles. The molecule has 0 aromatic heterocycles. The maximum atomic E-state index is 12.1. The van der Waals surface area contributed by atoms with E-state index in [9.17, 15) is 9.59 Å². The summed E-state index contributed by atoms with van der Waals surface area (Å²) < 4.78 is 11.6. The molecule has 2 aromatic carbocycles. The van der Waals surface area contributed by atoms with E-state index in [0.29, 0.717) is 22.9 Å². The minimum atomic E-state index is -0.271. The second-order valence-corrected chi connectivity index (χ2v) is 6.88. The Labute approximate surface area is 152 Å². The van der Waals surface area contributed by atoms with Crippen molar-refractivity contribution < 1.29 is 19.1 Å². The third-order valence-electron chi connectivity index (χ3n) is 3.90. The van der Waals surface area contributed by atoms with E-state index in [1.807, 2.05) is 26.0 Å². The van der Waals surface area contributed by atoms with Crippen molar-refractivity contribution in [1.29, 1.82) is 0 Å². The predicted octanol–water partition coefficient (Wildman–Crippen LogP) is 3.38. The van der Waals surface area contributed by atoms with Crippen LogP contribution in [0.1, 0.15) is 26.3 Å². The Morgan fingerprint density at radius 2 is 1.73 bits per heavy atom. The molecule has 2 aromatic rings. The van der Waals surface area contributed by atoms with E-state index in [1.54, 1.807) is 30.3 Å². The molecule has 2 amide bonds. The van der Waals surface area contributed by atoms with Gasteiger partial charge in [-0.05, 0) is 44.2 Å². The molecule has 3 rings (SSSR count). The van der Waals surface area contributed by atoms with Gasteiger partial charge in [-0.25, -0.2) is 0 Å². The van der Waals surface area contributed by atoms with Crippen LogP contribution in [-0.2, 0) is 16.0 Å². The Hall–Kier alpha value is -3.02. The number of hydrogen-bond acceptors (Lipinski definition) is 4. The fourth-order valence-electron chi connectivity index (χ4n) is 2.88. The lowest BCUT2D eigenvalue weighted by Gasteiger charge is -2.18. The lowest BCUT2D eigenvalue weighted by atomic mass is 10.0. The number of fused-ring (bicyclic) bond motifs is 1. The van der Waals surface area contributed by atoms with Gasteiger partial charge in [-0.2, -0.15) is 0 Å². The Kier molecular flexibility index (Phi) is 4.84. The molecule has 6 heteroatoms. The van der Waals surface area contributed by atoms with E-state index < -0.39 is 0 Å². The van der Waals surface area contributed by atoms with E-state index in [0.717, 1.165) is 12.0 Å². The number of nitrogens with one attached hydrogen (secondary N) is 2. The average molecular weight is 354 g/mol. The van der Waals surface area contributed by atoms with Crippen LogP contribution in [-0.4, -0.2) is 24.0 Å². The lowest BCUT2D eigenvalue weighted by Crippen LogP contribution is -2.25. The van der Waals surface area contributed by atoms with E-state index in [2.05, 4.69) is 10.6 Å². The average Bonchev–Trinajstić information content (AvgIpc) is 2.88. The highest BCUT2D eigenvalue weighted by Gasteiger charge is 2.32. The van der Waals surface area contributed by atoms with E-state index >= 15 is 0 Å². The molecule has 1 aliphatic heterocycles. The second-order valence-electron chi connectivity index (χ2n) is 6.88. The Morgan fingerprint density at radius 1 is 1.08 bits per heavy atom. The summed E-state index contributed by atoms with van der Waals surface area (Å²) in [6, 6.07) is 12.6. The SMILES string of the molecule is CC(=O)Nc1ccc(NC(=O)COc2cccc3c2OC(C)(C)C3)cc1. The highest BCUT2D eigenvalue weighted by atomic mass is 16.5. The standard InChI is InChI=1S/C20H22N2O4/c1-13(23)21-15-7-9-16(10-8-15)22-18(24)12-25-17-6-4-5-14-11-20(2,3)26-19(14)17/h4-10H,11-12H2,1-3H3,(H,21,23)(H,22,24). The smallest absolute Gasteiger partial charge is 0.262 e. The Morgan fingerprint density at radius 3 is 2.38 bits per heavy atom. The van der Waals surface area contributed by atoms with Crippen LogP contribution in [0.3, 0.4) is 0 Å². The molecule has 0 radical (unpaired) electrons. The van der Waals surface area contributed by atoms with Gasteiger partial charge in [0.1, 0.15) is 5.60 Å². The molecule has 6 nitrogen and oxygen atoms in total. The molecule has 0 unspecified atom stereocenters. The van der Waals surface area contributed by atoms with Gasteiger partial charge >= 0.3 is 0 Å². The van der Waals surface area contributed by atoms with E-state index in [4.69, 9.17) is 9.47 Å². The summed E-state index contributed by atoms with van der Waals surface area (Å²) in [4.78, 5) is 23.1. The summed E-state index contributed by atoms with van der Waals surface area (Å²) >= 11 is 0. The summed E-state index contributed by atoms with van der Waals surface area (Å²) in [7, 11) is 0. The number of benzene rings is 2. The number of para-hydroxylation sites is 1. The topological polar surface area (TPSA) is 76.7 Å². The van der Waals surface area contributed by atoms with Crippen LogP contribution >= 0.6 is 0 Å². The van der Waals surface area contributed by atoms with Gasteiger partial charge in [0.15, 0.2) is 18.1 Å². The molecule has 0 spiro atoms. The summed E-state index contributed by atoms with van der Waals surface area (Å²) in [5.41, 5.74) is 2.12. The normalized spacial score (nSPS) is 14.1. The largest absolute Gasteiger partial charge is 0.483 e. The molecular weight excluding hydrogens is 332 g/mol. The number of hydrogen-bond donors (Lipinski definition) is 2. The molecule has 136 valence electrons. The number of amides is 2. The van der Waals surface area contributed by atoms with Crippen LogP contribution in [0.25, 0.3) is 0 Å². The highest BCUT2D eigenvalue weighted by Crippen LogP contribution is 2.41. The molecule has 0 bridgehead atoms. The van der Waals surface area contributed by atoms with Crippen LogP contribution in [0.5, 0.6) is 11.5 Å². The van der Waals surface area contributed by atoms with E-state index in [-0.39, 0.29) is 24.0 Å². The number of carbonyl (C=O) groups is 2. The zero-order valence-corrected chi connectivity index (χ0v) is 15.1. The van der Waals surface area contributed by atoms with Gasteiger partial charge in [0.05, 0.1) is 0 Å². The van der Waals surface area contributed by atoms with Gasteiger partial charge < -0.3 is 20.1 Å². The molecule has 26 heavy (non-hydrogen) atoms. The van der Waals surface area contributed by atoms with Crippen LogP contribution in [0.4, 0.5) is 11.4 Å². The molecule has 1 aliphatic rings. The minimum absolute atomic E-state index is 0.117.